The predicted octanol–water partition coefficient (Wildman–Crippen LogP) is 2.96. The van der Waals surface area contributed by atoms with E-state index in [1.165, 1.54) is 24.3 Å². The van der Waals surface area contributed by atoms with Gasteiger partial charge in [0.1, 0.15) is 0 Å². The summed E-state index contributed by atoms with van der Waals surface area (Å²) in [6.45, 7) is 7.98. The zero-order valence-electron chi connectivity index (χ0n) is 21.2. The molecule has 2 aromatic rings. The van der Waals surface area contributed by atoms with E-state index in [0.717, 1.165) is 30.7 Å². The number of hydrogen-bond acceptors (Lipinski definition) is 7. The highest BCUT2D eigenvalue weighted by molar-refractivity contribution is 7.92. The van der Waals surface area contributed by atoms with Crippen molar-refractivity contribution in [2.45, 2.75) is 69.6 Å². The molecule has 1 fully saturated rings. The van der Waals surface area contributed by atoms with Gasteiger partial charge in [-0.25, -0.2) is 13.2 Å². The van der Waals surface area contributed by atoms with Crippen LogP contribution in [0.4, 0.5) is 0 Å². The fourth-order valence-corrected chi connectivity index (χ4v) is 5.93. The summed E-state index contributed by atoms with van der Waals surface area (Å²) in [5.41, 5.74) is 2.72. The Morgan fingerprint density at radius 1 is 1.22 bits per heavy atom. The molecule has 196 valence electrons. The van der Waals surface area contributed by atoms with Gasteiger partial charge in [-0.3, -0.25) is 9.48 Å². The Morgan fingerprint density at radius 2 is 1.92 bits per heavy atom. The molecule has 0 aliphatic carbocycles. The van der Waals surface area contributed by atoms with Gasteiger partial charge in [-0.15, -0.1) is 0 Å². The Hall–Kier alpha value is -2.72. The zero-order chi connectivity index (χ0) is 25.9. The van der Waals surface area contributed by atoms with E-state index < -0.39 is 21.1 Å². The molecule has 4 rings (SSSR count). The molecule has 1 amide bonds. The van der Waals surface area contributed by atoms with Crippen molar-refractivity contribution in [1.29, 1.82) is 0 Å². The molecule has 1 aromatic carbocycles. The number of amides is 1. The summed E-state index contributed by atoms with van der Waals surface area (Å²) in [6, 6.07) is 5.83. The van der Waals surface area contributed by atoms with E-state index in [1.54, 1.807) is 13.8 Å². The van der Waals surface area contributed by atoms with Crippen LogP contribution in [0.15, 0.2) is 29.2 Å². The van der Waals surface area contributed by atoms with Crippen LogP contribution in [-0.4, -0.2) is 61.7 Å². The monoisotopic (exact) mass is 517 g/mol. The lowest BCUT2D eigenvalue weighted by atomic mass is 9.76. The molecule has 0 saturated carbocycles. The van der Waals surface area contributed by atoms with Gasteiger partial charge in [0.2, 0.25) is 0 Å². The van der Waals surface area contributed by atoms with E-state index in [-0.39, 0.29) is 22.8 Å². The first-order valence-corrected chi connectivity index (χ1v) is 14.2. The maximum Gasteiger partial charge on any atom is 0.338 e. The number of hydrogen-bond donors (Lipinski definition) is 1. The highest BCUT2D eigenvalue weighted by Crippen LogP contribution is 2.37. The minimum Gasteiger partial charge on any atom is -0.462 e. The van der Waals surface area contributed by atoms with E-state index in [1.807, 2.05) is 11.6 Å². The Morgan fingerprint density at radius 3 is 2.56 bits per heavy atom. The van der Waals surface area contributed by atoms with Gasteiger partial charge in [-0.1, -0.05) is 6.92 Å². The Labute approximate surface area is 212 Å². The molecule has 1 saturated heterocycles. The number of sulfone groups is 1. The molecule has 0 radical (unpaired) electrons. The van der Waals surface area contributed by atoms with Crippen molar-refractivity contribution >= 4 is 21.7 Å². The summed E-state index contributed by atoms with van der Waals surface area (Å²) in [5, 5.41) is 7.31. The van der Waals surface area contributed by atoms with E-state index in [4.69, 9.17) is 14.6 Å². The molecule has 2 aliphatic heterocycles. The van der Waals surface area contributed by atoms with Gasteiger partial charge in [0, 0.05) is 32.7 Å². The highest BCUT2D eigenvalue weighted by Gasteiger charge is 2.39. The average Bonchev–Trinajstić information content (AvgIpc) is 3.15. The molecule has 0 unspecified atom stereocenters. The number of nitrogens with zero attached hydrogens (tertiary/aromatic N) is 2. The third-order valence-corrected chi connectivity index (χ3v) is 9.37. The van der Waals surface area contributed by atoms with Crippen LogP contribution in [0.25, 0.3) is 0 Å². The number of esters is 1. The zero-order valence-corrected chi connectivity index (χ0v) is 22.0. The normalized spacial score (nSPS) is 17.5. The lowest BCUT2D eigenvalue weighted by Gasteiger charge is -2.36. The van der Waals surface area contributed by atoms with Crippen LogP contribution in [0.2, 0.25) is 0 Å². The quantitative estimate of drug-likeness (QED) is 0.423. The van der Waals surface area contributed by atoms with Crippen LogP contribution < -0.4 is 5.32 Å². The summed E-state index contributed by atoms with van der Waals surface area (Å²) in [4.78, 5) is 25.6. The number of nitrogens with one attached hydrogen (secondary N) is 1. The molecule has 3 heterocycles. The molecule has 36 heavy (non-hydrogen) atoms. The number of carbonyl (C=O) groups excluding carboxylic acids is 2. The second-order valence-corrected chi connectivity index (χ2v) is 12.4. The maximum absolute atomic E-state index is 12.9. The first-order valence-electron chi connectivity index (χ1n) is 12.6. The van der Waals surface area contributed by atoms with E-state index >= 15 is 0 Å². The number of ether oxygens (including phenoxy) is 2. The Bertz CT molecular complexity index is 1210. The molecule has 10 heteroatoms. The molecule has 1 aromatic heterocycles. The number of fused-ring (bicyclic) bond motifs is 1. The van der Waals surface area contributed by atoms with Crippen molar-refractivity contribution < 1.29 is 27.5 Å². The molecule has 0 atom stereocenters. The van der Waals surface area contributed by atoms with Gasteiger partial charge < -0.3 is 14.8 Å². The molecule has 0 bridgehead atoms. The smallest absolute Gasteiger partial charge is 0.338 e. The van der Waals surface area contributed by atoms with Gasteiger partial charge in [-0.05, 0) is 69.2 Å². The first kappa shape index (κ1) is 26.3. The van der Waals surface area contributed by atoms with Crippen LogP contribution in [0.5, 0.6) is 0 Å². The maximum atomic E-state index is 12.9. The standard InChI is InChI=1S/C26H35N3O6S/c1-4-21-23-22(16-26(17-27-24(23)30)10-14-34-15-11-26)29(28-21)12-5-13-35-25(31)19-6-8-20(9-7-19)36(32,33)18(2)3/h6-9,18H,4-5,10-17H2,1-3H3,(H,27,30). The van der Waals surface area contributed by atoms with Crippen LogP contribution >= 0.6 is 0 Å². The largest absolute Gasteiger partial charge is 0.462 e. The molecule has 9 nitrogen and oxygen atoms in total. The fraction of sp³-hybridized carbons (Fsp3) is 0.577. The first-order chi connectivity index (χ1) is 17.2. The van der Waals surface area contributed by atoms with Crippen LogP contribution in [0, 0.1) is 5.41 Å². The minimum absolute atomic E-state index is 0.0242. The average molecular weight is 518 g/mol. The van der Waals surface area contributed by atoms with Gasteiger partial charge in [0.15, 0.2) is 9.84 Å². The van der Waals surface area contributed by atoms with Crippen LogP contribution in [0.3, 0.4) is 0 Å². The summed E-state index contributed by atoms with van der Waals surface area (Å²) in [6.07, 6.45) is 3.77. The summed E-state index contributed by atoms with van der Waals surface area (Å²) in [5.74, 6) is -0.566. The SMILES string of the molecule is CCc1nn(CCCOC(=O)c2ccc(S(=O)(=O)C(C)C)cc2)c2c1C(=O)NCC1(CCOCC1)C2. The number of benzene rings is 1. The van der Waals surface area contributed by atoms with Gasteiger partial charge in [0.05, 0.1) is 39.3 Å². The van der Waals surface area contributed by atoms with Crippen LogP contribution in [-0.2, 0) is 38.7 Å². The predicted molar refractivity (Wildman–Crippen MR) is 134 cm³/mol. The van der Waals surface area contributed by atoms with Crippen molar-refractivity contribution in [3.63, 3.8) is 0 Å². The van der Waals surface area contributed by atoms with Gasteiger partial charge in [-0.2, -0.15) is 5.10 Å². The highest BCUT2D eigenvalue weighted by atomic mass is 32.2. The lowest BCUT2D eigenvalue weighted by Crippen LogP contribution is -2.40. The Balaban J connectivity index is 1.40. The molecule has 1 spiro atoms. The molecule has 2 aliphatic rings. The summed E-state index contributed by atoms with van der Waals surface area (Å²) >= 11 is 0. The summed E-state index contributed by atoms with van der Waals surface area (Å²) in [7, 11) is -3.39. The second kappa shape index (κ2) is 10.7. The van der Waals surface area contributed by atoms with Gasteiger partial charge in [0.25, 0.3) is 5.91 Å². The van der Waals surface area contributed by atoms with Crippen molar-refractivity contribution in [2.75, 3.05) is 26.4 Å². The minimum atomic E-state index is -3.39. The summed E-state index contributed by atoms with van der Waals surface area (Å²) < 4.78 is 37.4. The van der Waals surface area contributed by atoms with Crippen LogP contribution in [0.1, 0.15) is 72.1 Å². The fourth-order valence-electron chi connectivity index (χ4n) is 4.87. The second-order valence-electron chi connectivity index (χ2n) is 9.92. The Kier molecular flexibility index (Phi) is 7.85. The number of carbonyl (C=O) groups is 2. The number of rotatable bonds is 8. The third kappa shape index (κ3) is 5.34. The van der Waals surface area contributed by atoms with E-state index in [9.17, 15) is 18.0 Å². The van der Waals surface area contributed by atoms with Crippen molar-refractivity contribution in [3.8, 4) is 0 Å². The van der Waals surface area contributed by atoms with Gasteiger partial charge >= 0.3 is 5.97 Å². The van der Waals surface area contributed by atoms with Crippen molar-refractivity contribution in [2.24, 2.45) is 5.41 Å². The topological polar surface area (TPSA) is 117 Å². The van der Waals surface area contributed by atoms with Crippen molar-refractivity contribution in [3.05, 3.63) is 46.8 Å². The third-order valence-electron chi connectivity index (χ3n) is 7.20. The van der Waals surface area contributed by atoms with Crippen molar-refractivity contribution in [1.82, 2.24) is 15.1 Å². The molecular weight excluding hydrogens is 482 g/mol. The number of aromatic nitrogens is 2. The number of aryl methyl sites for hydroxylation is 2. The lowest BCUT2D eigenvalue weighted by molar-refractivity contribution is 0.0152. The van der Waals surface area contributed by atoms with E-state index in [2.05, 4.69) is 5.32 Å². The molecule has 1 N–H and O–H groups in total. The molecular formula is C26H35N3O6S. The van der Waals surface area contributed by atoms with E-state index in [0.29, 0.717) is 50.3 Å².